The highest BCUT2D eigenvalue weighted by molar-refractivity contribution is 6.32. The quantitative estimate of drug-likeness (QED) is 0.672. The lowest BCUT2D eigenvalue weighted by atomic mass is 10.2. The first-order valence-corrected chi connectivity index (χ1v) is 6.91. The number of benzene rings is 1. The number of halogens is 4. The number of aromatic nitrogens is 2. The van der Waals surface area contributed by atoms with E-state index >= 15 is 0 Å². The molecule has 0 fully saturated rings. The van der Waals surface area contributed by atoms with Crippen LogP contribution in [0, 0.1) is 6.92 Å². The molecule has 0 bridgehead atoms. The third-order valence-corrected chi connectivity index (χ3v) is 3.36. The van der Waals surface area contributed by atoms with Gasteiger partial charge >= 0.3 is 12.3 Å². The van der Waals surface area contributed by atoms with E-state index in [0.29, 0.717) is 11.3 Å². The summed E-state index contributed by atoms with van der Waals surface area (Å²) >= 11 is 6.16. The molecule has 1 heterocycles. The van der Waals surface area contributed by atoms with E-state index in [2.05, 4.69) is 20.4 Å². The first-order valence-electron chi connectivity index (χ1n) is 6.54. The lowest BCUT2D eigenvalue weighted by Crippen LogP contribution is -2.16. The summed E-state index contributed by atoms with van der Waals surface area (Å²) in [7, 11) is 1.18. The second-order valence-corrected chi connectivity index (χ2v) is 4.97. The summed E-state index contributed by atoms with van der Waals surface area (Å²) in [6.45, 7) is 1.61. The van der Waals surface area contributed by atoms with Gasteiger partial charge < -0.3 is 4.74 Å². The first kappa shape index (κ1) is 17.8. The van der Waals surface area contributed by atoms with E-state index in [-0.39, 0.29) is 10.8 Å². The van der Waals surface area contributed by atoms with Crippen molar-refractivity contribution in [3.05, 3.63) is 46.2 Å². The van der Waals surface area contributed by atoms with E-state index in [1.807, 2.05) is 0 Å². The molecule has 6 nitrogen and oxygen atoms in total. The minimum absolute atomic E-state index is 0.0576. The maximum Gasteiger partial charge on any atom is 0.427 e. The van der Waals surface area contributed by atoms with Crippen LogP contribution >= 0.6 is 11.6 Å². The largest absolute Gasteiger partial charge is 0.452 e. The Morgan fingerprint density at radius 1 is 1.46 bits per heavy atom. The van der Waals surface area contributed by atoms with Crippen LogP contribution in [-0.4, -0.2) is 29.2 Å². The molecule has 0 atom stereocenters. The number of nitrogens with zero attached hydrogens (tertiary/aromatic N) is 3. The van der Waals surface area contributed by atoms with Crippen LogP contribution in [0.3, 0.4) is 0 Å². The zero-order chi connectivity index (χ0) is 17.9. The molecule has 2 aromatic rings. The van der Waals surface area contributed by atoms with E-state index in [4.69, 9.17) is 11.6 Å². The molecule has 0 unspecified atom stereocenters. The normalized spacial score (nSPS) is 11.8. The van der Waals surface area contributed by atoms with Gasteiger partial charge in [-0.05, 0) is 25.1 Å². The van der Waals surface area contributed by atoms with Crippen molar-refractivity contribution in [1.82, 2.24) is 15.2 Å². The molecule has 0 saturated carbocycles. The van der Waals surface area contributed by atoms with Gasteiger partial charge in [-0.3, -0.25) is 0 Å². The Bertz CT molecular complexity index is 787. The minimum Gasteiger partial charge on any atom is -0.452 e. The van der Waals surface area contributed by atoms with Crippen molar-refractivity contribution in [2.45, 2.75) is 13.1 Å². The van der Waals surface area contributed by atoms with Crippen molar-refractivity contribution < 1.29 is 22.7 Å². The van der Waals surface area contributed by atoms with Gasteiger partial charge in [-0.25, -0.2) is 14.9 Å². The number of aryl methyl sites for hydroxylation is 1. The second-order valence-electron chi connectivity index (χ2n) is 4.61. The third kappa shape index (κ3) is 3.85. The van der Waals surface area contributed by atoms with Crippen molar-refractivity contribution in [3.8, 4) is 5.69 Å². The van der Waals surface area contributed by atoms with Gasteiger partial charge in [0.25, 0.3) is 0 Å². The molecule has 1 amide bonds. The number of amides is 1. The molecule has 0 aliphatic carbocycles. The Hall–Kier alpha value is -2.55. The van der Waals surface area contributed by atoms with Crippen LogP contribution in [-0.2, 0) is 10.9 Å². The number of nitrogens with one attached hydrogen (secondary N) is 1. The number of rotatable bonds is 3. The van der Waals surface area contributed by atoms with Gasteiger partial charge in [0, 0.05) is 0 Å². The average molecular weight is 361 g/mol. The van der Waals surface area contributed by atoms with Gasteiger partial charge in [0.1, 0.15) is 5.15 Å². The number of alkyl halides is 3. The van der Waals surface area contributed by atoms with Gasteiger partial charge in [0.05, 0.1) is 35.8 Å². The average Bonchev–Trinajstić information content (AvgIpc) is 2.82. The highest BCUT2D eigenvalue weighted by Gasteiger charge is 2.30. The maximum absolute atomic E-state index is 12.8. The van der Waals surface area contributed by atoms with Crippen LogP contribution in [0.4, 0.5) is 18.0 Å². The van der Waals surface area contributed by atoms with Gasteiger partial charge in [0.2, 0.25) is 0 Å². The van der Waals surface area contributed by atoms with E-state index in [1.54, 1.807) is 6.92 Å². The van der Waals surface area contributed by atoms with Gasteiger partial charge in [-0.2, -0.15) is 23.4 Å². The third-order valence-electron chi connectivity index (χ3n) is 3.00. The van der Waals surface area contributed by atoms with Crippen LogP contribution < -0.4 is 5.43 Å². The summed E-state index contributed by atoms with van der Waals surface area (Å²) in [4.78, 5) is 10.9. The van der Waals surface area contributed by atoms with Crippen LogP contribution in [0.15, 0.2) is 29.4 Å². The summed E-state index contributed by atoms with van der Waals surface area (Å²) in [6.07, 6.45) is -4.02. The van der Waals surface area contributed by atoms with Crippen LogP contribution in [0.5, 0.6) is 0 Å². The van der Waals surface area contributed by atoms with Crippen molar-refractivity contribution in [3.63, 3.8) is 0 Å². The molecule has 1 aromatic heterocycles. The number of methoxy groups -OCH3 is 1. The predicted molar refractivity (Wildman–Crippen MR) is 81.4 cm³/mol. The fourth-order valence-electron chi connectivity index (χ4n) is 1.84. The lowest BCUT2D eigenvalue weighted by molar-refractivity contribution is -0.137. The highest BCUT2D eigenvalue weighted by atomic mass is 35.5. The molecule has 0 aliphatic rings. The van der Waals surface area contributed by atoms with E-state index in [0.717, 1.165) is 16.8 Å². The van der Waals surface area contributed by atoms with Gasteiger partial charge in [0.15, 0.2) is 0 Å². The van der Waals surface area contributed by atoms with Crippen molar-refractivity contribution >= 4 is 23.9 Å². The summed E-state index contributed by atoms with van der Waals surface area (Å²) < 4.78 is 43.9. The highest BCUT2D eigenvalue weighted by Crippen LogP contribution is 2.31. The number of hydrogen-bond acceptors (Lipinski definition) is 4. The molecule has 1 N–H and O–H groups in total. The molecule has 10 heteroatoms. The Labute approximate surface area is 139 Å². The fraction of sp³-hybridized carbons (Fsp3) is 0.214. The molecule has 128 valence electrons. The molecular formula is C14H12ClF3N4O2. The molecule has 1 aromatic carbocycles. The van der Waals surface area contributed by atoms with Crippen LogP contribution in [0.2, 0.25) is 5.15 Å². The summed E-state index contributed by atoms with van der Waals surface area (Å²) in [5, 5.41) is 7.79. The van der Waals surface area contributed by atoms with Crippen LogP contribution in [0.1, 0.15) is 16.8 Å². The van der Waals surface area contributed by atoms with E-state index in [9.17, 15) is 18.0 Å². The number of ether oxygens (including phenoxy) is 1. The smallest absolute Gasteiger partial charge is 0.427 e. The zero-order valence-electron chi connectivity index (χ0n) is 12.6. The first-order chi connectivity index (χ1) is 11.2. The number of carbonyl (C=O) groups is 1. The second kappa shape index (κ2) is 6.91. The molecule has 2 rings (SSSR count). The molecule has 0 radical (unpaired) electrons. The SMILES string of the molecule is COC(=O)NN=Cc1c(C)nn(-c2cccc(C(F)(F)F)c2)c1Cl. The Morgan fingerprint density at radius 3 is 2.79 bits per heavy atom. The standard InChI is InChI=1S/C14H12ClF3N4O2/c1-8-11(7-19-20-13(23)24-2)12(15)22(21-8)10-5-3-4-9(6-10)14(16,17)18/h3-7H,1-2H3,(H,20,23). The number of hydrogen-bond donors (Lipinski definition) is 1. The predicted octanol–water partition coefficient (Wildman–Crippen LogP) is 3.54. The zero-order valence-corrected chi connectivity index (χ0v) is 13.3. The molecule has 0 saturated heterocycles. The Kier molecular flexibility index (Phi) is 5.13. The van der Waals surface area contributed by atoms with E-state index in [1.165, 1.54) is 25.5 Å². The van der Waals surface area contributed by atoms with Crippen LogP contribution in [0.25, 0.3) is 5.69 Å². The topological polar surface area (TPSA) is 68.5 Å². The molecule has 0 spiro atoms. The Balaban J connectivity index is 2.37. The van der Waals surface area contributed by atoms with Crippen molar-refractivity contribution in [2.75, 3.05) is 7.11 Å². The molecule has 24 heavy (non-hydrogen) atoms. The minimum atomic E-state index is -4.47. The fourth-order valence-corrected chi connectivity index (χ4v) is 2.16. The molecule has 0 aliphatic heterocycles. The summed E-state index contributed by atoms with van der Waals surface area (Å²) in [5.41, 5.74) is 2.19. The summed E-state index contributed by atoms with van der Waals surface area (Å²) in [5.74, 6) is 0. The van der Waals surface area contributed by atoms with Crippen molar-refractivity contribution in [2.24, 2.45) is 5.10 Å². The number of carbonyl (C=O) groups excluding carboxylic acids is 1. The Morgan fingerprint density at radius 2 is 2.17 bits per heavy atom. The van der Waals surface area contributed by atoms with Gasteiger partial charge in [-0.1, -0.05) is 17.7 Å². The number of hydrazone groups is 1. The maximum atomic E-state index is 12.8. The lowest BCUT2D eigenvalue weighted by Gasteiger charge is -2.09. The molecular weight excluding hydrogens is 349 g/mol. The van der Waals surface area contributed by atoms with E-state index < -0.39 is 17.8 Å². The van der Waals surface area contributed by atoms with Crippen molar-refractivity contribution in [1.29, 1.82) is 0 Å². The summed E-state index contributed by atoms with van der Waals surface area (Å²) in [6, 6.07) is 4.60. The van der Waals surface area contributed by atoms with Gasteiger partial charge in [-0.15, -0.1) is 0 Å². The monoisotopic (exact) mass is 360 g/mol.